The van der Waals surface area contributed by atoms with Crippen LogP contribution in [0.2, 0.25) is 0 Å². The fraction of sp³-hybridized carbons (Fsp3) is 0.333. The van der Waals surface area contributed by atoms with E-state index in [2.05, 4.69) is 4.74 Å². The van der Waals surface area contributed by atoms with E-state index in [1.54, 1.807) is 0 Å². The SMILES string of the molecule is O=CC=COC(=O)CC(O)(CC(=O)O)C(=O)O. The fourth-order valence-electron chi connectivity index (χ4n) is 0.892. The van der Waals surface area contributed by atoms with E-state index in [9.17, 15) is 24.3 Å². The lowest BCUT2D eigenvalue weighted by Gasteiger charge is -2.19. The molecule has 0 bridgehead atoms. The van der Waals surface area contributed by atoms with Crippen molar-refractivity contribution in [3.63, 3.8) is 0 Å². The molecule has 0 fully saturated rings. The van der Waals surface area contributed by atoms with Crippen molar-refractivity contribution >= 4 is 24.2 Å². The van der Waals surface area contributed by atoms with Crippen molar-refractivity contribution in [1.82, 2.24) is 0 Å². The second-order valence-corrected chi connectivity index (χ2v) is 3.04. The van der Waals surface area contributed by atoms with E-state index in [0.717, 1.165) is 6.08 Å². The summed E-state index contributed by atoms with van der Waals surface area (Å²) >= 11 is 0. The third-order valence-corrected chi connectivity index (χ3v) is 1.64. The number of carbonyl (C=O) groups excluding carboxylic acids is 2. The molecule has 0 aromatic carbocycles. The quantitative estimate of drug-likeness (QED) is 0.223. The summed E-state index contributed by atoms with van der Waals surface area (Å²) in [5.41, 5.74) is -2.74. The predicted octanol–water partition coefficient (Wildman–Crippen LogP) is -1.08. The summed E-state index contributed by atoms with van der Waals surface area (Å²) in [5, 5.41) is 26.4. The van der Waals surface area contributed by atoms with E-state index in [0.29, 0.717) is 12.5 Å². The molecule has 1 unspecified atom stereocenters. The number of aliphatic carboxylic acids is 2. The van der Waals surface area contributed by atoms with Gasteiger partial charge in [0.05, 0.1) is 19.1 Å². The number of aliphatic hydroxyl groups is 1. The van der Waals surface area contributed by atoms with Crippen molar-refractivity contribution in [2.75, 3.05) is 0 Å². The van der Waals surface area contributed by atoms with Gasteiger partial charge in [-0.3, -0.25) is 14.4 Å². The molecule has 0 aromatic rings. The van der Waals surface area contributed by atoms with Gasteiger partial charge in [-0.05, 0) is 0 Å². The maximum Gasteiger partial charge on any atom is 0.336 e. The van der Waals surface area contributed by atoms with Crippen LogP contribution in [0.4, 0.5) is 0 Å². The zero-order valence-electron chi connectivity index (χ0n) is 8.53. The van der Waals surface area contributed by atoms with E-state index >= 15 is 0 Å². The third kappa shape index (κ3) is 5.42. The molecule has 0 heterocycles. The number of carboxylic acid groups (broad SMARTS) is 2. The highest BCUT2D eigenvalue weighted by Crippen LogP contribution is 2.16. The Balaban J connectivity index is 4.59. The van der Waals surface area contributed by atoms with Crippen LogP contribution in [-0.4, -0.2) is 45.1 Å². The standard InChI is InChI=1S/C9H10O8/c10-2-1-3-17-7(13)5-9(16,8(14)15)4-6(11)12/h1-3,16H,4-5H2,(H,11,12)(H,14,15). The van der Waals surface area contributed by atoms with Gasteiger partial charge in [0.15, 0.2) is 5.60 Å². The average molecular weight is 246 g/mol. The van der Waals surface area contributed by atoms with Crippen molar-refractivity contribution in [1.29, 1.82) is 0 Å². The lowest BCUT2D eigenvalue weighted by atomic mass is 9.96. The van der Waals surface area contributed by atoms with E-state index in [1.807, 2.05) is 0 Å². The molecule has 0 aliphatic heterocycles. The van der Waals surface area contributed by atoms with Crippen LogP contribution in [0.3, 0.4) is 0 Å². The minimum absolute atomic E-state index is 0.313. The summed E-state index contributed by atoms with van der Waals surface area (Å²) in [7, 11) is 0. The van der Waals surface area contributed by atoms with Crippen LogP contribution in [0.1, 0.15) is 12.8 Å². The number of esters is 1. The molecule has 0 rings (SSSR count). The van der Waals surface area contributed by atoms with Crippen LogP contribution in [0.25, 0.3) is 0 Å². The number of ether oxygens (including phenoxy) is 1. The zero-order valence-corrected chi connectivity index (χ0v) is 8.53. The monoisotopic (exact) mass is 246 g/mol. The van der Waals surface area contributed by atoms with Crippen LogP contribution < -0.4 is 0 Å². The molecule has 3 N–H and O–H groups in total. The van der Waals surface area contributed by atoms with Gasteiger partial charge in [-0.25, -0.2) is 4.79 Å². The molecule has 0 saturated heterocycles. The summed E-state index contributed by atoms with van der Waals surface area (Å²) in [5.74, 6) is -4.60. The molecule has 94 valence electrons. The Kier molecular flexibility index (Phi) is 5.55. The third-order valence-electron chi connectivity index (χ3n) is 1.64. The van der Waals surface area contributed by atoms with Crippen molar-refractivity contribution in [2.24, 2.45) is 0 Å². The minimum Gasteiger partial charge on any atom is -0.481 e. The smallest absolute Gasteiger partial charge is 0.336 e. The maximum absolute atomic E-state index is 11.0. The molecule has 0 aromatic heterocycles. The second-order valence-electron chi connectivity index (χ2n) is 3.04. The summed E-state index contributed by atoms with van der Waals surface area (Å²) in [6.45, 7) is 0. The zero-order chi connectivity index (χ0) is 13.5. The highest BCUT2D eigenvalue weighted by Gasteiger charge is 2.41. The number of aldehydes is 1. The first-order chi connectivity index (χ1) is 7.81. The molecular weight excluding hydrogens is 236 g/mol. The Morgan fingerprint density at radius 3 is 2.18 bits per heavy atom. The van der Waals surface area contributed by atoms with Gasteiger partial charge < -0.3 is 20.1 Å². The Bertz CT molecular complexity index is 358. The number of hydrogen-bond donors (Lipinski definition) is 3. The van der Waals surface area contributed by atoms with E-state index in [1.165, 1.54) is 0 Å². The lowest BCUT2D eigenvalue weighted by Crippen LogP contribution is -2.42. The van der Waals surface area contributed by atoms with Crippen LogP contribution >= 0.6 is 0 Å². The van der Waals surface area contributed by atoms with Crippen LogP contribution in [0, 0.1) is 0 Å². The first-order valence-corrected chi connectivity index (χ1v) is 4.29. The molecule has 0 amide bonds. The Labute approximate surface area is 95.1 Å². The highest BCUT2D eigenvalue weighted by atomic mass is 16.5. The van der Waals surface area contributed by atoms with E-state index in [4.69, 9.17) is 10.2 Å². The number of carbonyl (C=O) groups is 4. The van der Waals surface area contributed by atoms with Gasteiger partial charge >= 0.3 is 17.9 Å². The Hall–Kier alpha value is -2.22. The van der Waals surface area contributed by atoms with E-state index in [-0.39, 0.29) is 0 Å². The molecule has 1 atom stereocenters. The Morgan fingerprint density at radius 1 is 1.18 bits per heavy atom. The largest absolute Gasteiger partial charge is 0.481 e. The first-order valence-electron chi connectivity index (χ1n) is 4.29. The van der Waals surface area contributed by atoms with Crippen molar-refractivity contribution in [3.8, 4) is 0 Å². The molecule has 0 aliphatic rings. The minimum atomic E-state index is -2.74. The second kappa shape index (κ2) is 6.38. The first kappa shape index (κ1) is 14.8. The molecule has 0 spiro atoms. The Morgan fingerprint density at radius 2 is 1.76 bits per heavy atom. The lowest BCUT2D eigenvalue weighted by molar-refractivity contribution is -0.170. The van der Waals surface area contributed by atoms with Gasteiger partial charge in [0.25, 0.3) is 0 Å². The summed E-state index contributed by atoms with van der Waals surface area (Å²) in [4.78, 5) is 41.8. The van der Waals surface area contributed by atoms with Crippen molar-refractivity contribution < 1.29 is 39.2 Å². The summed E-state index contributed by atoms with van der Waals surface area (Å²) < 4.78 is 4.24. The number of hydrogen-bond acceptors (Lipinski definition) is 6. The average Bonchev–Trinajstić information content (AvgIpc) is 2.16. The van der Waals surface area contributed by atoms with Gasteiger partial charge in [-0.1, -0.05) is 0 Å². The maximum atomic E-state index is 11.0. The van der Waals surface area contributed by atoms with Gasteiger partial charge in [0.1, 0.15) is 6.29 Å². The molecular formula is C9H10O8. The molecule has 8 nitrogen and oxygen atoms in total. The number of carboxylic acids is 2. The van der Waals surface area contributed by atoms with Gasteiger partial charge in [-0.15, -0.1) is 0 Å². The van der Waals surface area contributed by atoms with Crippen LogP contribution in [0.5, 0.6) is 0 Å². The van der Waals surface area contributed by atoms with Gasteiger partial charge in [0, 0.05) is 6.08 Å². The molecule has 17 heavy (non-hydrogen) atoms. The molecule has 0 aliphatic carbocycles. The van der Waals surface area contributed by atoms with Gasteiger partial charge in [0.2, 0.25) is 0 Å². The molecule has 0 saturated carbocycles. The number of rotatable bonds is 7. The van der Waals surface area contributed by atoms with Gasteiger partial charge in [-0.2, -0.15) is 0 Å². The number of allylic oxidation sites excluding steroid dienone is 1. The van der Waals surface area contributed by atoms with Crippen molar-refractivity contribution in [3.05, 3.63) is 12.3 Å². The topological polar surface area (TPSA) is 138 Å². The predicted molar refractivity (Wildman–Crippen MR) is 50.8 cm³/mol. The fourth-order valence-corrected chi connectivity index (χ4v) is 0.892. The van der Waals surface area contributed by atoms with E-state index < -0.39 is 36.4 Å². The van der Waals surface area contributed by atoms with Crippen molar-refractivity contribution in [2.45, 2.75) is 18.4 Å². The normalized spacial score (nSPS) is 13.9. The highest BCUT2D eigenvalue weighted by molar-refractivity contribution is 5.88. The van der Waals surface area contributed by atoms with Crippen LogP contribution in [0.15, 0.2) is 12.3 Å². The summed E-state index contributed by atoms with van der Waals surface area (Å²) in [6, 6.07) is 0. The summed E-state index contributed by atoms with van der Waals surface area (Å²) in [6.07, 6.45) is -0.353. The molecule has 0 radical (unpaired) electrons. The van der Waals surface area contributed by atoms with Crippen LogP contribution in [-0.2, 0) is 23.9 Å². The molecule has 8 heteroatoms.